The Morgan fingerprint density at radius 2 is 1.86 bits per heavy atom. The second-order valence-electron chi connectivity index (χ2n) is 7.67. The van der Waals surface area contributed by atoms with Crippen molar-refractivity contribution in [3.05, 3.63) is 46.9 Å². The van der Waals surface area contributed by atoms with E-state index in [4.69, 9.17) is 4.74 Å². The molecule has 1 aliphatic carbocycles. The summed E-state index contributed by atoms with van der Waals surface area (Å²) < 4.78 is 34.2. The maximum absolute atomic E-state index is 13.3. The van der Waals surface area contributed by atoms with Gasteiger partial charge in [0.1, 0.15) is 5.69 Å². The zero-order valence-corrected chi connectivity index (χ0v) is 17.2. The highest BCUT2D eigenvalue weighted by molar-refractivity contribution is 7.81. The number of benzene rings is 1. The predicted molar refractivity (Wildman–Crippen MR) is 111 cm³/mol. The van der Waals surface area contributed by atoms with Crippen LogP contribution in [0.15, 0.2) is 41.3 Å². The summed E-state index contributed by atoms with van der Waals surface area (Å²) in [7, 11) is -1.02. The van der Waals surface area contributed by atoms with E-state index in [-0.39, 0.29) is 17.9 Å². The largest absolute Gasteiger partial charge is 0.486 e. The molecule has 1 saturated heterocycles. The highest BCUT2D eigenvalue weighted by atomic mass is 32.2. The third-order valence-electron chi connectivity index (χ3n) is 5.62. The highest BCUT2D eigenvalue weighted by Gasteiger charge is 2.44. The van der Waals surface area contributed by atoms with Gasteiger partial charge in [-0.15, -0.1) is 0 Å². The lowest BCUT2D eigenvalue weighted by Gasteiger charge is -2.35. The van der Waals surface area contributed by atoms with Crippen molar-refractivity contribution >= 4 is 16.7 Å². The number of hydrogen-bond donors (Lipinski definition) is 0. The van der Waals surface area contributed by atoms with Gasteiger partial charge in [-0.3, -0.25) is 9.18 Å². The number of piperazine rings is 1. The van der Waals surface area contributed by atoms with E-state index in [2.05, 4.69) is 5.10 Å². The lowest BCUT2D eigenvalue weighted by molar-refractivity contribution is 0.197. The molecule has 2 heterocycles. The lowest BCUT2D eigenvalue weighted by atomic mass is 10.1. The van der Waals surface area contributed by atoms with Gasteiger partial charge in [0.05, 0.1) is 36.2 Å². The Bertz CT molecular complexity index is 940. The van der Waals surface area contributed by atoms with Gasteiger partial charge < -0.3 is 9.64 Å². The fourth-order valence-corrected chi connectivity index (χ4v) is 4.13. The van der Waals surface area contributed by atoms with Gasteiger partial charge in [0.2, 0.25) is 5.75 Å². The summed E-state index contributed by atoms with van der Waals surface area (Å²) in [5, 5.41) is 4.35. The van der Waals surface area contributed by atoms with Gasteiger partial charge in [-0.05, 0) is 25.0 Å². The molecule has 0 radical (unpaired) electrons. The summed E-state index contributed by atoms with van der Waals surface area (Å²) >= 11 is 0. The normalized spacial score (nSPS) is 19.7. The molecule has 0 amide bonds. The number of hydrogen-bond acceptors (Lipinski definition) is 5. The molecule has 29 heavy (non-hydrogen) atoms. The first-order valence-electron chi connectivity index (χ1n) is 9.73. The molecule has 0 bridgehead atoms. The van der Waals surface area contributed by atoms with Crippen molar-refractivity contribution in [3.8, 4) is 11.4 Å². The van der Waals surface area contributed by atoms with Gasteiger partial charge in [0.25, 0.3) is 0 Å². The Labute approximate surface area is 171 Å². The number of rotatable bonds is 7. The van der Waals surface area contributed by atoms with Crippen LogP contribution in [0, 0.1) is 5.41 Å². The summed E-state index contributed by atoms with van der Waals surface area (Å²) in [5.41, 5.74) is 0.442. The monoisotopic (exact) mass is 420 g/mol. The summed E-state index contributed by atoms with van der Waals surface area (Å²) in [6.07, 6.45) is 4.85. The van der Waals surface area contributed by atoms with Gasteiger partial charge in [-0.25, -0.2) is 8.51 Å². The Morgan fingerprint density at radius 3 is 2.45 bits per heavy atom. The standard InChI is InChI=1S/C20H25FN4O3S/c1-29(27)24-11-9-23(10-12-24)17-13-22-25(16-5-3-2-4-6-16)19(26)18(17)28-15-20(14-21)7-8-20/h2-6,13H,7-12,14-15H2,1H3. The van der Waals surface area contributed by atoms with Crippen molar-refractivity contribution < 1.29 is 13.3 Å². The zero-order chi connectivity index (χ0) is 20.4. The average molecular weight is 421 g/mol. The van der Waals surface area contributed by atoms with Gasteiger partial charge in [-0.1, -0.05) is 18.2 Å². The summed E-state index contributed by atoms with van der Waals surface area (Å²) in [4.78, 5) is 15.3. The molecule has 2 aliphatic rings. The van der Waals surface area contributed by atoms with E-state index >= 15 is 0 Å². The summed E-state index contributed by atoms with van der Waals surface area (Å²) in [6.45, 7) is 2.21. The second kappa shape index (κ2) is 8.23. The summed E-state index contributed by atoms with van der Waals surface area (Å²) in [6, 6.07) is 9.15. The molecule has 0 N–H and O–H groups in total. The molecule has 1 aromatic carbocycles. The molecule has 7 nitrogen and oxygen atoms in total. The van der Waals surface area contributed by atoms with Crippen LogP contribution in [-0.4, -0.2) is 64.0 Å². The van der Waals surface area contributed by atoms with E-state index in [1.54, 1.807) is 24.6 Å². The molecular weight excluding hydrogens is 395 g/mol. The van der Waals surface area contributed by atoms with Crippen LogP contribution in [0.3, 0.4) is 0 Å². The van der Waals surface area contributed by atoms with Gasteiger partial charge >= 0.3 is 5.56 Å². The molecule has 2 fully saturated rings. The summed E-state index contributed by atoms with van der Waals surface area (Å²) in [5.74, 6) is 0.203. The van der Waals surface area contributed by atoms with Gasteiger partial charge in [0.15, 0.2) is 0 Å². The molecule has 4 rings (SSSR count). The molecule has 2 aromatic rings. The number of ether oxygens (including phenoxy) is 1. The first kappa shape index (κ1) is 20.0. The highest BCUT2D eigenvalue weighted by Crippen LogP contribution is 2.46. The van der Waals surface area contributed by atoms with Crippen molar-refractivity contribution in [2.75, 3.05) is 50.6 Å². The smallest absolute Gasteiger partial charge is 0.316 e. The van der Waals surface area contributed by atoms with Crippen LogP contribution in [0.1, 0.15) is 12.8 Å². The third-order valence-corrected chi connectivity index (χ3v) is 6.71. The van der Waals surface area contributed by atoms with Gasteiger partial charge in [-0.2, -0.15) is 9.78 Å². The van der Waals surface area contributed by atoms with Crippen molar-refractivity contribution in [2.24, 2.45) is 5.41 Å². The molecule has 156 valence electrons. The Balaban J connectivity index is 1.66. The van der Waals surface area contributed by atoms with E-state index < -0.39 is 23.1 Å². The molecule has 1 aliphatic heterocycles. The van der Waals surface area contributed by atoms with Crippen LogP contribution >= 0.6 is 0 Å². The zero-order valence-electron chi connectivity index (χ0n) is 16.4. The van der Waals surface area contributed by atoms with E-state index in [1.807, 2.05) is 27.4 Å². The van der Waals surface area contributed by atoms with E-state index in [9.17, 15) is 13.4 Å². The van der Waals surface area contributed by atoms with Crippen molar-refractivity contribution in [1.29, 1.82) is 0 Å². The first-order chi connectivity index (χ1) is 14.0. The first-order valence-corrected chi connectivity index (χ1v) is 11.2. The van der Waals surface area contributed by atoms with Crippen LogP contribution in [0.4, 0.5) is 10.1 Å². The van der Waals surface area contributed by atoms with Crippen molar-refractivity contribution in [2.45, 2.75) is 12.8 Å². The van der Waals surface area contributed by atoms with Crippen LogP contribution in [0.5, 0.6) is 5.75 Å². The van der Waals surface area contributed by atoms with Crippen LogP contribution in [0.25, 0.3) is 5.69 Å². The van der Waals surface area contributed by atoms with Gasteiger partial charge in [0, 0.05) is 37.8 Å². The fraction of sp³-hybridized carbons (Fsp3) is 0.500. The van der Waals surface area contributed by atoms with Crippen LogP contribution < -0.4 is 15.2 Å². The topological polar surface area (TPSA) is 67.7 Å². The van der Waals surface area contributed by atoms with E-state index in [0.29, 0.717) is 37.6 Å². The molecule has 0 spiro atoms. The molecule has 9 heteroatoms. The minimum absolute atomic E-state index is 0.184. The maximum atomic E-state index is 13.3. The number of nitrogens with zero attached hydrogens (tertiary/aromatic N) is 4. The average Bonchev–Trinajstić information content (AvgIpc) is 3.54. The second-order valence-corrected chi connectivity index (χ2v) is 9.04. The lowest BCUT2D eigenvalue weighted by Crippen LogP contribution is -2.47. The Morgan fingerprint density at radius 1 is 1.17 bits per heavy atom. The Kier molecular flexibility index (Phi) is 5.69. The molecule has 1 unspecified atom stereocenters. The van der Waals surface area contributed by atoms with Crippen molar-refractivity contribution in [3.63, 3.8) is 0 Å². The minimum Gasteiger partial charge on any atom is -0.486 e. The number of aromatic nitrogens is 2. The fourth-order valence-electron chi connectivity index (χ4n) is 3.45. The van der Waals surface area contributed by atoms with Crippen molar-refractivity contribution in [1.82, 2.24) is 14.1 Å². The number of para-hydroxylation sites is 1. The molecule has 1 aromatic heterocycles. The maximum Gasteiger partial charge on any atom is 0.316 e. The Hall–Kier alpha value is -2.26. The quantitative estimate of drug-likeness (QED) is 0.683. The molecule has 1 atom stereocenters. The molecule has 1 saturated carbocycles. The van der Waals surface area contributed by atoms with Crippen LogP contribution in [0.2, 0.25) is 0 Å². The number of anilines is 1. The number of alkyl halides is 1. The SMILES string of the molecule is CS(=O)N1CCN(c2cnn(-c3ccccc3)c(=O)c2OCC2(CF)CC2)CC1. The third kappa shape index (κ3) is 4.20. The van der Waals surface area contributed by atoms with E-state index in [1.165, 1.54) is 4.68 Å². The molecular formula is C20H25FN4O3S. The van der Waals surface area contributed by atoms with E-state index in [0.717, 1.165) is 12.8 Å². The minimum atomic E-state index is -1.02. The number of halogens is 1. The predicted octanol–water partition coefficient (Wildman–Crippen LogP) is 1.78. The van der Waals surface area contributed by atoms with Crippen LogP contribution in [-0.2, 0) is 11.0 Å².